The van der Waals surface area contributed by atoms with Gasteiger partial charge in [0.15, 0.2) is 0 Å². The molecule has 108 valence electrons. The fourth-order valence-electron chi connectivity index (χ4n) is 2.89. The molecule has 0 aliphatic heterocycles. The zero-order valence-electron chi connectivity index (χ0n) is 12.0. The first-order valence-electron chi connectivity index (χ1n) is 7.23. The summed E-state index contributed by atoms with van der Waals surface area (Å²) in [4.78, 5) is 4.48. The van der Waals surface area contributed by atoms with Gasteiger partial charge in [-0.1, -0.05) is 18.5 Å². The maximum absolute atomic E-state index is 6.48. The third kappa shape index (κ3) is 2.35. The molecule has 6 nitrogen and oxygen atoms in total. The molecule has 0 aromatic carbocycles. The molecule has 0 saturated heterocycles. The van der Waals surface area contributed by atoms with Crippen molar-refractivity contribution in [2.75, 3.05) is 0 Å². The minimum Gasteiger partial charge on any atom is -0.337 e. The number of rotatable bonds is 3. The molecule has 2 N–H and O–H groups in total. The summed E-state index contributed by atoms with van der Waals surface area (Å²) in [7, 11) is 1.86. The van der Waals surface area contributed by atoms with Crippen LogP contribution in [-0.2, 0) is 12.6 Å². The first-order chi connectivity index (χ1) is 9.60. The standard InChI is InChI=1S/C14H21N5O/c1-3-10-4-6-14(15,7-5-10)13-17-12(18-20-13)11-8-16-19(2)9-11/h8-10H,3-7,15H2,1-2H3. The zero-order valence-corrected chi connectivity index (χ0v) is 12.0. The Morgan fingerprint density at radius 1 is 1.45 bits per heavy atom. The molecule has 1 aliphatic rings. The van der Waals surface area contributed by atoms with Crippen LogP contribution in [0, 0.1) is 5.92 Å². The minimum absolute atomic E-state index is 0.459. The second kappa shape index (κ2) is 5.01. The third-order valence-electron chi connectivity index (χ3n) is 4.39. The molecular weight excluding hydrogens is 254 g/mol. The summed E-state index contributed by atoms with van der Waals surface area (Å²) in [6, 6.07) is 0. The van der Waals surface area contributed by atoms with Gasteiger partial charge in [0.1, 0.15) is 0 Å². The number of nitrogens with zero attached hydrogens (tertiary/aromatic N) is 4. The van der Waals surface area contributed by atoms with Gasteiger partial charge in [0.2, 0.25) is 11.7 Å². The fourth-order valence-corrected chi connectivity index (χ4v) is 2.89. The Balaban J connectivity index is 1.80. The second-order valence-corrected chi connectivity index (χ2v) is 5.83. The summed E-state index contributed by atoms with van der Waals surface area (Å²) in [5.41, 5.74) is 6.87. The summed E-state index contributed by atoms with van der Waals surface area (Å²) in [5.74, 6) is 1.91. The summed E-state index contributed by atoms with van der Waals surface area (Å²) in [6.07, 6.45) is 8.92. The quantitative estimate of drug-likeness (QED) is 0.928. The molecule has 20 heavy (non-hydrogen) atoms. The molecule has 0 unspecified atom stereocenters. The van der Waals surface area contributed by atoms with Crippen LogP contribution >= 0.6 is 0 Å². The first-order valence-corrected chi connectivity index (χ1v) is 7.23. The van der Waals surface area contributed by atoms with Crippen molar-refractivity contribution >= 4 is 0 Å². The van der Waals surface area contributed by atoms with E-state index in [-0.39, 0.29) is 0 Å². The van der Waals surface area contributed by atoms with Crippen molar-refractivity contribution in [3.8, 4) is 11.4 Å². The summed E-state index contributed by atoms with van der Waals surface area (Å²) in [6.45, 7) is 2.24. The zero-order chi connectivity index (χ0) is 14.2. The van der Waals surface area contributed by atoms with Gasteiger partial charge in [0.05, 0.1) is 17.3 Å². The van der Waals surface area contributed by atoms with Gasteiger partial charge in [-0.3, -0.25) is 4.68 Å². The second-order valence-electron chi connectivity index (χ2n) is 5.83. The Kier molecular flexibility index (Phi) is 3.33. The molecule has 2 aromatic heterocycles. The van der Waals surface area contributed by atoms with Gasteiger partial charge in [0, 0.05) is 13.2 Å². The predicted molar refractivity (Wildman–Crippen MR) is 74.6 cm³/mol. The average Bonchev–Trinajstić information content (AvgIpc) is 3.08. The Bertz CT molecular complexity index is 580. The molecular formula is C14H21N5O. The number of aromatic nitrogens is 4. The van der Waals surface area contributed by atoms with E-state index in [1.807, 2.05) is 13.2 Å². The van der Waals surface area contributed by atoms with Gasteiger partial charge in [-0.2, -0.15) is 10.1 Å². The Morgan fingerprint density at radius 2 is 2.20 bits per heavy atom. The SMILES string of the molecule is CCC1CCC(N)(c2nc(-c3cnn(C)c3)no2)CC1. The summed E-state index contributed by atoms with van der Waals surface area (Å²) in [5, 5.41) is 8.16. The van der Waals surface area contributed by atoms with E-state index in [1.165, 1.54) is 6.42 Å². The first kappa shape index (κ1) is 13.3. The molecule has 3 rings (SSSR count). The van der Waals surface area contributed by atoms with Gasteiger partial charge in [0.25, 0.3) is 0 Å². The van der Waals surface area contributed by atoms with Crippen LogP contribution < -0.4 is 5.73 Å². The van der Waals surface area contributed by atoms with E-state index in [0.29, 0.717) is 11.7 Å². The fraction of sp³-hybridized carbons (Fsp3) is 0.643. The Labute approximate surface area is 118 Å². The van der Waals surface area contributed by atoms with Crippen LogP contribution in [0.15, 0.2) is 16.9 Å². The van der Waals surface area contributed by atoms with Gasteiger partial charge >= 0.3 is 0 Å². The van der Waals surface area contributed by atoms with Crippen LogP contribution in [0.25, 0.3) is 11.4 Å². The molecule has 0 radical (unpaired) electrons. The Hall–Kier alpha value is -1.69. The molecule has 2 heterocycles. The van der Waals surface area contributed by atoms with Crippen molar-refractivity contribution < 1.29 is 4.52 Å². The predicted octanol–water partition coefficient (Wildman–Crippen LogP) is 2.22. The van der Waals surface area contributed by atoms with E-state index in [2.05, 4.69) is 22.2 Å². The van der Waals surface area contributed by atoms with Crippen molar-refractivity contribution in [3.63, 3.8) is 0 Å². The lowest BCUT2D eigenvalue weighted by atomic mass is 9.76. The van der Waals surface area contributed by atoms with Crippen LogP contribution in [0.3, 0.4) is 0 Å². The van der Waals surface area contributed by atoms with Crippen molar-refractivity contribution in [2.45, 2.75) is 44.6 Å². The van der Waals surface area contributed by atoms with E-state index in [4.69, 9.17) is 10.3 Å². The molecule has 0 spiro atoms. The number of nitrogens with two attached hydrogens (primary N) is 1. The lowest BCUT2D eigenvalue weighted by Gasteiger charge is -2.33. The maximum Gasteiger partial charge on any atom is 0.247 e. The molecule has 1 fully saturated rings. The van der Waals surface area contributed by atoms with Crippen molar-refractivity contribution in [2.24, 2.45) is 18.7 Å². The average molecular weight is 275 g/mol. The molecule has 2 aromatic rings. The lowest BCUT2D eigenvalue weighted by Crippen LogP contribution is -2.40. The van der Waals surface area contributed by atoms with Gasteiger partial charge in [-0.05, 0) is 31.6 Å². The number of hydrogen-bond acceptors (Lipinski definition) is 5. The van der Waals surface area contributed by atoms with Gasteiger partial charge in [-0.15, -0.1) is 0 Å². The van der Waals surface area contributed by atoms with Crippen molar-refractivity contribution in [1.29, 1.82) is 0 Å². The molecule has 1 saturated carbocycles. The molecule has 0 amide bonds. The van der Waals surface area contributed by atoms with Crippen LogP contribution in [0.5, 0.6) is 0 Å². The summed E-state index contributed by atoms with van der Waals surface area (Å²) < 4.78 is 7.13. The van der Waals surface area contributed by atoms with Crippen LogP contribution in [0.2, 0.25) is 0 Å². The smallest absolute Gasteiger partial charge is 0.247 e. The highest BCUT2D eigenvalue weighted by atomic mass is 16.5. The van der Waals surface area contributed by atoms with E-state index >= 15 is 0 Å². The largest absolute Gasteiger partial charge is 0.337 e. The van der Waals surface area contributed by atoms with Crippen molar-refractivity contribution in [1.82, 2.24) is 19.9 Å². The topological polar surface area (TPSA) is 82.8 Å². The van der Waals surface area contributed by atoms with Gasteiger partial charge in [-0.25, -0.2) is 0 Å². The van der Waals surface area contributed by atoms with E-state index < -0.39 is 5.54 Å². The van der Waals surface area contributed by atoms with E-state index in [1.54, 1.807) is 10.9 Å². The molecule has 0 atom stereocenters. The lowest BCUT2D eigenvalue weighted by molar-refractivity contribution is 0.181. The highest BCUT2D eigenvalue weighted by molar-refractivity contribution is 5.51. The molecule has 0 bridgehead atoms. The van der Waals surface area contributed by atoms with E-state index in [9.17, 15) is 0 Å². The normalized spacial score (nSPS) is 26.9. The van der Waals surface area contributed by atoms with Crippen LogP contribution in [-0.4, -0.2) is 19.9 Å². The van der Waals surface area contributed by atoms with Crippen LogP contribution in [0.1, 0.15) is 44.9 Å². The Morgan fingerprint density at radius 3 is 2.80 bits per heavy atom. The van der Waals surface area contributed by atoms with Crippen LogP contribution in [0.4, 0.5) is 0 Å². The highest BCUT2D eigenvalue weighted by Crippen LogP contribution is 2.38. The van der Waals surface area contributed by atoms with Gasteiger partial charge < -0.3 is 10.3 Å². The number of aryl methyl sites for hydroxylation is 1. The third-order valence-corrected chi connectivity index (χ3v) is 4.39. The molecule has 6 heteroatoms. The molecule has 1 aliphatic carbocycles. The maximum atomic E-state index is 6.48. The van der Waals surface area contributed by atoms with Crippen molar-refractivity contribution in [3.05, 3.63) is 18.3 Å². The summed E-state index contributed by atoms with van der Waals surface area (Å²) >= 11 is 0. The highest BCUT2D eigenvalue weighted by Gasteiger charge is 2.37. The van der Waals surface area contributed by atoms with E-state index in [0.717, 1.165) is 37.2 Å². The monoisotopic (exact) mass is 275 g/mol. The minimum atomic E-state index is -0.459. The number of hydrogen-bond donors (Lipinski definition) is 1.